The molecule has 5 fully saturated rings. The monoisotopic (exact) mass is 823 g/mol. The van der Waals surface area contributed by atoms with Crippen molar-refractivity contribution < 1.29 is 42.1 Å². The smallest absolute Gasteiger partial charge is 0.412 e. The SMILES string of the molecule is CC(C)(C)OC(=O)NC1(OC[C@@]23CCCN2C[C@H](F)C3)N(c2cccc3sccc23)c2c(ccc(F)c2F)C(C2CC3CNCC2(COC2CC2)N3C(=O)O)N1C#N. The van der Waals surface area contributed by atoms with Crippen LogP contribution < -0.4 is 15.5 Å². The molecule has 1 aliphatic carbocycles. The summed E-state index contributed by atoms with van der Waals surface area (Å²) in [4.78, 5) is 33.6. The third-order valence-corrected chi connectivity index (χ3v) is 13.8. The van der Waals surface area contributed by atoms with Gasteiger partial charge in [-0.1, -0.05) is 12.1 Å². The molecule has 7 atom stereocenters. The zero-order valence-corrected chi connectivity index (χ0v) is 33.5. The van der Waals surface area contributed by atoms with Gasteiger partial charge in [0.25, 0.3) is 0 Å². The molecule has 17 heteroatoms. The number of rotatable bonds is 9. The lowest BCUT2D eigenvalue weighted by Crippen LogP contribution is -2.75. The predicted octanol–water partition coefficient (Wildman–Crippen LogP) is 6.77. The van der Waals surface area contributed by atoms with E-state index in [1.165, 1.54) is 32.1 Å². The van der Waals surface area contributed by atoms with Crippen molar-refractivity contribution in [3.8, 4) is 6.19 Å². The molecule has 0 spiro atoms. The number of nitriles is 1. The summed E-state index contributed by atoms with van der Waals surface area (Å²) in [6, 6.07) is 7.79. The van der Waals surface area contributed by atoms with E-state index in [1.807, 2.05) is 22.4 Å². The van der Waals surface area contributed by atoms with Gasteiger partial charge in [0.05, 0.1) is 42.3 Å². The number of carbonyl (C=O) groups excluding carboxylic acids is 1. The number of amides is 2. The molecule has 3 aromatic rings. The van der Waals surface area contributed by atoms with Crippen LogP contribution in [0, 0.1) is 29.0 Å². The summed E-state index contributed by atoms with van der Waals surface area (Å²) in [6.45, 7) is 6.07. The molecule has 13 nitrogen and oxygen atoms in total. The Balaban J connectivity index is 1.31. The zero-order valence-electron chi connectivity index (χ0n) is 32.7. The van der Waals surface area contributed by atoms with Gasteiger partial charge in [0.15, 0.2) is 17.8 Å². The lowest BCUT2D eigenvalue weighted by molar-refractivity contribution is -0.194. The number of fused-ring (bicyclic) bond motifs is 5. The molecule has 2 aromatic carbocycles. The number of hydrogen-bond donors (Lipinski definition) is 3. The van der Waals surface area contributed by atoms with E-state index in [0.717, 1.165) is 30.0 Å². The molecule has 0 radical (unpaired) electrons. The van der Waals surface area contributed by atoms with E-state index < -0.39 is 70.6 Å². The summed E-state index contributed by atoms with van der Waals surface area (Å²) in [5.41, 5.74) is -2.96. The summed E-state index contributed by atoms with van der Waals surface area (Å²) in [6.07, 6.45) is 2.28. The van der Waals surface area contributed by atoms with Crippen LogP contribution in [0.4, 0.5) is 34.1 Å². The maximum Gasteiger partial charge on any atom is 0.412 e. The van der Waals surface area contributed by atoms with Crippen molar-refractivity contribution in [1.29, 1.82) is 5.26 Å². The average molecular weight is 824 g/mol. The number of alkyl halides is 1. The number of alkyl carbamates (subject to hydrolysis) is 1. The number of ether oxygens (including phenoxy) is 3. The molecular weight excluding hydrogens is 776 g/mol. The van der Waals surface area contributed by atoms with Gasteiger partial charge in [-0.05, 0) is 89.1 Å². The normalized spacial score (nSPS) is 32.0. The second kappa shape index (κ2) is 14.1. The molecule has 4 saturated heterocycles. The fourth-order valence-electron chi connectivity index (χ4n) is 10.5. The van der Waals surface area contributed by atoms with Crippen LogP contribution in [0.2, 0.25) is 0 Å². The van der Waals surface area contributed by atoms with Crippen molar-refractivity contribution >= 4 is 45.0 Å². The summed E-state index contributed by atoms with van der Waals surface area (Å²) in [7, 11) is 0. The molecule has 1 aromatic heterocycles. The van der Waals surface area contributed by atoms with Gasteiger partial charge in [0, 0.05) is 59.2 Å². The number of nitrogens with zero attached hydrogens (tertiary/aromatic N) is 5. The van der Waals surface area contributed by atoms with Crippen molar-refractivity contribution in [3.05, 3.63) is 59.0 Å². The van der Waals surface area contributed by atoms with Gasteiger partial charge >= 0.3 is 18.2 Å². The minimum absolute atomic E-state index is 0.0197. The van der Waals surface area contributed by atoms with Crippen LogP contribution in [-0.4, -0.2) is 112 Å². The first-order valence-corrected chi connectivity index (χ1v) is 20.9. The summed E-state index contributed by atoms with van der Waals surface area (Å²) < 4.78 is 68.7. The lowest BCUT2D eigenvalue weighted by atomic mass is 9.75. The molecule has 310 valence electrons. The van der Waals surface area contributed by atoms with Crippen molar-refractivity contribution in [2.45, 2.75) is 106 Å². The number of benzene rings is 2. The Bertz CT molecular complexity index is 2160. The van der Waals surface area contributed by atoms with Crippen molar-refractivity contribution in [2.75, 3.05) is 44.3 Å². The molecular formula is C41H48F3N7O6S. The van der Waals surface area contributed by atoms with Crippen LogP contribution >= 0.6 is 11.3 Å². The van der Waals surface area contributed by atoms with Gasteiger partial charge in [-0.3, -0.25) is 20.0 Å². The molecule has 2 bridgehead atoms. The van der Waals surface area contributed by atoms with Crippen LogP contribution in [0.1, 0.15) is 70.9 Å². The topological polar surface area (TPSA) is 143 Å². The number of carbonyl (C=O) groups is 2. The number of halogens is 3. The molecule has 6 aliphatic rings. The highest BCUT2D eigenvalue weighted by atomic mass is 32.1. The minimum Gasteiger partial charge on any atom is -0.465 e. The Labute approximate surface area is 338 Å². The van der Waals surface area contributed by atoms with Crippen molar-refractivity contribution in [2.24, 2.45) is 5.92 Å². The molecule has 3 N–H and O–H groups in total. The number of hydrogen-bond acceptors (Lipinski definition) is 11. The Morgan fingerprint density at radius 1 is 1.16 bits per heavy atom. The summed E-state index contributed by atoms with van der Waals surface area (Å²) in [5, 5.41) is 31.2. The molecule has 5 aliphatic heterocycles. The van der Waals surface area contributed by atoms with E-state index in [4.69, 9.17) is 14.2 Å². The summed E-state index contributed by atoms with van der Waals surface area (Å²) in [5.74, 6) is -5.70. The molecule has 1 saturated carbocycles. The van der Waals surface area contributed by atoms with E-state index in [-0.39, 0.29) is 56.5 Å². The summed E-state index contributed by atoms with van der Waals surface area (Å²) >= 11 is 1.42. The fraction of sp³-hybridized carbons (Fsp3) is 0.585. The fourth-order valence-corrected chi connectivity index (χ4v) is 11.3. The third-order valence-electron chi connectivity index (χ3n) is 12.9. The van der Waals surface area contributed by atoms with Crippen LogP contribution in [-0.2, 0) is 14.2 Å². The second-order valence-electron chi connectivity index (χ2n) is 17.7. The molecule has 6 heterocycles. The predicted molar refractivity (Wildman–Crippen MR) is 208 cm³/mol. The van der Waals surface area contributed by atoms with E-state index >= 15 is 13.2 Å². The first-order valence-electron chi connectivity index (χ1n) is 20.0. The first kappa shape index (κ1) is 39.1. The third kappa shape index (κ3) is 6.25. The highest BCUT2D eigenvalue weighted by molar-refractivity contribution is 7.17. The van der Waals surface area contributed by atoms with Gasteiger partial charge in [0.1, 0.15) is 11.8 Å². The molecule has 2 amide bonds. The largest absolute Gasteiger partial charge is 0.465 e. The molecule has 9 rings (SSSR count). The number of carboxylic acid groups (broad SMARTS) is 1. The first-order chi connectivity index (χ1) is 27.7. The molecule has 58 heavy (non-hydrogen) atoms. The quantitative estimate of drug-likeness (QED) is 0.155. The Hall–Kier alpha value is -4.34. The highest BCUT2D eigenvalue weighted by Gasteiger charge is 2.67. The van der Waals surface area contributed by atoms with Crippen molar-refractivity contribution in [3.63, 3.8) is 0 Å². The Morgan fingerprint density at radius 2 is 1.97 bits per heavy atom. The van der Waals surface area contributed by atoms with E-state index in [9.17, 15) is 20.0 Å². The van der Waals surface area contributed by atoms with E-state index in [2.05, 4.69) is 16.8 Å². The van der Waals surface area contributed by atoms with Gasteiger partial charge in [-0.25, -0.2) is 27.7 Å². The number of nitrogens with one attached hydrogen (secondary N) is 2. The van der Waals surface area contributed by atoms with Crippen molar-refractivity contribution in [1.82, 2.24) is 25.3 Å². The van der Waals surface area contributed by atoms with Gasteiger partial charge in [-0.15, -0.1) is 11.3 Å². The van der Waals surface area contributed by atoms with E-state index in [1.54, 1.807) is 32.9 Å². The number of anilines is 2. The minimum atomic E-state index is -2.48. The number of piperazine rings is 1. The van der Waals surface area contributed by atoms with Gasteiger partial charge in [0.2, 0.25) is 0 Å². The van der Waals surface area contributed by atoms with Crippen LogP contribution in [0.15, 0.2) is 41.8 Å². The maximum atomic E-state index is 17.3. The zero-order chi connectivity index (χ0) is 40.8. The maximum absolute atomic E-state index is 17.3. The van der Waals surface area contributed by atoms with Gasteiger partial charge < -0.3 is 24.6 Å². The van der Waals surface area contributed by atoms with Crippen LogP contribution in [0.25, 0.3) is 10.1 Å². The Morgan fingerprint density at radius 3 is 2.71 bits per heavy atom. The highest BCUT2D eigenvalue weighted by Crippen LogP contribution is 2.58. The van der Waals surface area contributed by atoms with E-state index in [0.29, 0.717) is 30.6 Å². The van der Waals surface area contributed by atoms with Gasteiger partial charge in [-0.2, -0.15) is 5.26 Å². The molecule has 5 unspecified atom stereocenters. The van der Waals surface area contributed by atoms with Crippen LogP contribution in [0.5, 0.6) is 0 Å². The lowest BCUT2D eigenvalue weighted by Gasteiger charge is -2.57. The number of thiophene rings is 1. The average Bonchev–Trinajstić information content (AvgIpc) is 3.48. The second-order valence-corrected chi connectivity index (χ2v) is 18.6. The Kier molecular flexibility index (Phi) is 9.55. The van der Waals surface area contributed by atoms with Crippen LogP contribution in [0.3, 0.4) is 0 Å². The standard InChI is InChI=1S/C41H48F3N7O6S/c1-38(2,3)57-36(52)47-41(56-21-39-13-5-14-48(39)19-24(42)17-39)49(23-45)34(29-16-25-18-46-20-40(29,50(25)37(53)54)22-55-26-8-9-26)28-10-11-30(43)33(44)35(28)51(41)31-6-4-7-32-27(31)12-15-58-32/h4,6-7,10-12,15,24-26,29,34,46H,5,8-9,13-14,16-22H2,1-3H3,(H,47,52)(H,53,54)/t24-,25?,29?,34?,39+,40?,41?/m1/s1.